The van der Waals surface area contributed by atoms with E-state index in [-0.39, 0.29) is 10.7 Å². The summed E-state index contributed by atoms with van der Waals surface area (Å²) in [5.41, 5.74) is 0. The van der Waals surface area contributed by atoms with Crippen molar-refractivity contribution in [1.82, 2.24) is 0 Å². The Kier molecular flexibility index (Phi) is 10.8. The van der Waals surface area contributed by atoms with Crippen molar-refractivity contribution in [3.8, 4) is 0 Å². The SMILES string of the molecule is O=S(=O)(C(CCBr)CCC(F)(F)C(F)(F)F)C(CCBr)CCC(F)(F)C(F)(F)F. The molecule has 0 aromatic carbocycles. The van der Waals surface area contributed by atoms with E-state index < -0.39 is 83.1 Å². The van der Waals surface area contributed by atoms with Gasteiger partial charge in [0.1, 0.15) is 0 Å². The van der Waals surface area contributed by atoms with Crippen molar-refractivity contribution in [3.05, 3.63) is 0 Å². The van der Waals surface area contributed by atoms with Crippen LogP contribution in [-0.4, -0.2) is 53.8 Å². The van der Waals surface area contributed by atoms with Crippen LogP contribution in [-0.2, 0) is 9.84 Å². The van der Waals surface area contributed by atoms with Crippen LogP contribution in [0.1, 0.15) is 38.5 Å². The Morgan fingerprint density at radius 2 is 0.862 bits per heavy atom. The summed E-state index contributed by atoms with van der Waals surface area (Å²) in [7, 11) is -4.58. The molecule has 15 heteroatoms. The predicted molar refractivity (Wildman–Crippen MR) is 93.8 cm³/mol. The maximum atomic E-state index is 13.1. The molecule has 2 nitrogen and oxygen atoms in total. The number of alkyl halides is 12. The van der Waals surface area contributed by atoms with E-state index in [9.17, 15) is 52.3 Å². The first-order valence-corrected chi connectivity index (χ1v) is 11.9. The molecule has 0 aliphatic rings. The van der Waals surface area contributed by atoms with Gasteiger partial charge in [-0.3, -0.25) is 0 Å². The molecule has 0 saturated heterocycles. The van der Waals surface area contributed by atoms with Gasteiger partial charge < -0.3 is 0 Å². The van der Waals surface area contributed by atoms with Crippen LogP contribution in [0.5, 0.6) is 0 Å². The Morgan fingerprint density at radius 3 is 1.07 bits per heavy atom. The smallest absolute Gasteiger partial charge is 0.228 e. The van der Waals surface area contributed by atoms with Crippen LogP contribution in [0.4, 0.5) is 43.9 Å². The Bertz CT molecular complexity index is 558. The molecular weight excluding hydrogens is 582 g/mol. The molecule has 0 aromatic heterocycles. The van der Waals surface area contributed by atoms with E-state index in [0.29, 0.717) is 0 Å². The second-order valence-corrected chi connectivity index (χ2v) is 10.4. The summed E-state index contributed by atoms with van der Waals surface area (Å²) in [5, 5.41) is -3.76. The lowest BCUT2D eigenvalue weighted by Gasteiger charge is -2.27. The van der Waals surface area contributed by atoms with Gasteiger partial charge in [0.25, 0.3) is 0 Å². The second kappa shape index (κ2) is 10.7. The third kappa shape index (κ3) is 8.34. The summed E-state index contributed by atoms with van der Waals surface area (Å²) in [5.74, 6) is -10.3. The van der Waals surface area contributed by atoms with E-state index in [1.807, 2.05) is 0 Å². The van der Waals surface area contributed by atoms with Gasteiger partial charge in [0.15, 0.2) is 9.84 Å². The van der Waals surface area contributed by atoms with Gasteiger partial charge in [-0.05, 0) is 25.7 Å². The topological polar surface area (TPSA) is 34.1 Å². The van der Waals surface area contributed by atoms with E-state index in [0.717, 1.165) is 0 Å². The molecule has 0 N–H and O–H groups in total. The summed E-state index contributed by atoms with van der Waals surface area (Å²) in [6.07, 6.45) is -18.6. The minimum Gasteiger partial charge on any atom is -0.228 e. The van der Waals surface area contributed by atoms with Crippen LogP contribution < -0.4 is 0 Å². The van der Waals surface area contributed by atoms with E-state index in [4.69, 9.17) is 0 Å². The van der Waals surface area contributed by atoms with Gasteiger partial charge in [0, 0.05) is 23.5 Å². The second-order valence-electron chi connectivity index (χ2n) is 6.27. The molecule has 0 bridgehead atoms. The van der Waals surface area contributed by atoms with Crippen LogP contribution in [0, 0.1) is 0 Å². The van der Waals surface area contributed by atoms with E-state index in [1.54, 1.807) is 0 Å². The summed E-state index contributed by atoms with van der Waals surface area (Å²) in [6, 6.07) is 0. The average Bonchev–Trinajstić information content (AvgIpc) is 2.52. The first kappa shape index (κ1) is 29.2. The highest BCUT2D eigenvalue weighted by Gasteiger charge is 2.58. The third-order valence-corrected chi connectivity index (χ3v) is 7.90. The van der Waals surface area contributed by atoms with Crippen LogP contribution >= 0.6 is 31.9 Å². The largest absolute Gasteiger partial charge is 0.453 e. The minimum atomic E-state index is -5.90. The molecular formula is C14H18Br2F10O2S. The quantitative estimate of drug-likeness (QED) is 0.186. The zero-order valence-corrected chi connectivity index (χ0v) is 18.6. The van der Waals surface area contributed by atoms with Crippen LogP contribution in [0.15, 0.2) is 0 Å². The molecule has 176 valence electrons. The Balaban J connectivity index is 5.55. The van der Waals surface area contributed by atoms with Crippen molar-refractivity contribution >= 4 is 41.7 Å². The fourth-order valence-electron chi connectivity index (χ4n) is 2.43. The van der Waals surface area contributed by atoms with E-state index in [2.05, 4.69) is 31.9 Å². The lowest BCUT2D eigenvalue weighted by atomic mass is 10.1. The predicted octanol–water partition coefficient (Wildman–Crippen LogP) is 6.66. The molecule has 0 heterocycles. The van der Waals surface area contributed by atoms with Crippen molar-refractivity contribution in [1.29, 1.82) is 0 Å². The normalized spacial score (nSPS) is 16.7. The molecule has 0 spiro atoms. The summed E-state index contributed by atoms with van der Waals surface area (Å²) in [6.45, 7) is 0. The summed E-state index contributed by atoms with van der Waals surface area (Å²) < 4.78 is 152. The Labute approximate surface area is 177 Å². The van der Waals surface area contributed by atoms with E-state index in [1.165, 1.54) is 0 Å². The molecule has 0 aliphatic carbocycles. The first-order valence-electron chi connectivity index (χ1n) is 8.07. The lowest BCUT2D eigenvalue weighted by Crippen LogP contribution is -2.41. The number of sulfone groups is 1. The first-order chi connectivity index (χ1) is 12.8. The van der Waals surface area contributed by atoms with Gasteiger partial charge in [-0.2, -0.15) is 43.9 Å². The summed E-state index contributed by atoms with van der Waals surface area (Å²) >= 11 is 5.67. The molecule has 0 saturated carbocycles. The molecule has 0 aliphatic heterocycles. The van der Waals surface area contributed by atoms with Gasteiger partial charge in [-0.1, -0.05) is 31.9 Å². The van der Waals surface area contributed by atoms with Crippen molar-refractivity contribution in [3.63, 3.8) is 0 Å². The molecule has 0 radical (unpaired) electrons. The third-order valence-electron chi connectivity index (χ3n) is 4.18. The zero-order valence-electron chi connectivity index (χ0n) is 14.6. The van der Waals surface area contributed by atoms with Crippen molar-refractivity contribution in [2.75, 3.05) is 10.7 Å². The summed E-state index contributed by atoms with van der Waals surface area (Å²) in [4.78, 5) is 0. The molecule has 0 rings (SSSR count). The van der Waals surface area contributed by atoms with Crippen LogP contribution in [0.2, 0.25) is 0 Å². The highest BCUT2D eigenvalue weighted by Crippen LogP contribution is 2.42. The highest BCUT2D eigenvalue weighted by atomic mass is 79.9. The lowest BCUT2D eigenvalue weighted by molar-refractivity contribution is -0.284. The van der Waals surface area contributed by atoms with Crippen molar-refractivity contribution < 1.29 is 52.3 Å². The molecule has 0 fully saturated rings. The molecule has 29 heavy (non-hydrogen) atoms. The minimum absolute atomic E-state index is 0.117. The van der Waals surface area contributed by atoms with E-state index >= 15 is 0 Å². The number of hydrogen-bond acceptors (Lipinski definition) is 2. The van der Waals surface area contributed by atoms with Gasteiger partial charge in [0.05, 0.1) is 10.5 Å². The number of hydrogen-bond donors (Lipinski definition) is 0. The maximum absolute atomic E-state index is 13.1. The Hall–Kier alpha value is 0.210. The van der Waals surface area contributed by atoms with Crippen LogP contribution in [0.3, 0.4) is 0 Å². The van der Waals surface area contributed by atoms with Gasteiger partial charge in [0.2, 0.25) is 0 Å². The Morgan fingerprint density at radius 1 is 0.586 bits per heavy atom. The number of rotatable bonds is 12. The van der Waals surface area contributed by atoms with Crippen molar-refractivity contribution in [2.45, 2.75) is 73.2 Å². The standard InChI is InChI=1S/C14H18Br2F10O2S/c15-7-3-9(1-5-11(17,18)13(21,22)23)29(27,28)10(4-8-16)2-6-12(19,20)14(24,25)26/h9-10H,1-8H2. The van der Waals surface area contributed by atoms with Gasteiger partial charge in [-0.25, -0.2) is 8.42 Å². The van der Waals surface area contributed by atoms with Gasteiger partial charge in [-0.15, -0.1) is 0 Å². The van der Waals surface area contributed by atoms with Crippen molar-refractivity contribution in [2.24, 2.45) is 0 Å². The maximum Gasteiger partial charge on any atom is 0.453 e. The molecule has 2 unspecified atom stereocenters. The highest BCUT2D eigenvalue weighted by molar-refractivity contribution is 9.09. The number of halogens is 12. The van der Waals surface area contributed by atoms with Crippen LogP contribution in [0.25, 0.3) is 0 Å². The fourth-order valence-corrected chi connectivity index (χ4v) is 6.47. The molecule has 0 amide bonds. The van der Waals surface area contributed by atoms with Gasteiger partial charge >= 0.3 is 24.2 Å². The monoisotopic (exact) mass is 598 g/mol. The fraction of sp³-hybridized carbons (Fsp3) is 1.00. The molecule has 2 atom stereocenters. The molecule has 0 aromatic rings. The zero-order chi connectivity index (χ0) is 23.3. The average molecular weight is 600 g/mol.